The van der Waals surface area contributed by atoms with Crippen LogP contribution in [0.1, 0.15) is 25.3 Å². The van der Waals surface area contributed by atoms with Crippen molar-refractivity contribution in [3.63, 3.8) is 0 Å². The fraction of sp³-hybridized carbons (Fsp3) is 0.368. The molecule has 1 saturated heterocycles. The summed E-state index contributed by atoms with van der Waals surface area (Å²) in [6, 6.07) is 14.9. The molecule has 27 heavy (non-hydrogen) atoms. The summed E-state index contributed by atoms with van der Waals surface area (Å²) in [6.07, 6.45) is 1.72. The number of hydrogen-bond donors (Lipinski definition) is 0. The number of hydrogen-bond acceptors (Lipinski definition) is 4. The molecule has 1 fully saturated rings. The highest BCUT2D eigenvalue weighted by molar-refractivity contribution is 7.89. The van der Waals surface area contributed by atoms with E-state index < -0.39 is 20.0 Å². The Balaban J connectivity index is 1.84. The Labute approximate surface area is 161 Å². The van der Waals surface area contributed by atoms with Gasteiger partial charge in [-0.05, 0) is 42.7 Å². The van der Waals surface area contributed by atoms with Gasteiger partial charge in [-0.2, -0.15) is 8.61 Å². The molecule has 0 radical (unpaired) electrons. The molecule has 0 spiro atoms. The molecule has 8 heteroatoms. The van der Waals surface area contributed by atoms with Gasteiger partial charge in [-0.1, -0.05) is 37.3 Å². The molecule has 0 saturated carbocycles. The van der Waals surface area contributed by atoms with Crippen molar-refractivity contribution in [1.29, 1.82) is 0 Å². The van der Waals surface area contributed by atoms with Crippen molar-refractivity contribution in [1.82, 2.24) is 8.61 Å². The van der Waals surface area contributed by atoms with E-state index in [2.05, 4.69) is 0 Å². The van der Waals surface area contributed by atoms with Gasteiger partial charge in [0.2, 0.25) is 20.0 Å². The summed E-state index contributed by atoms with van der Waals surface area (Å²) < 4.78 is 53.9. The molecule has 0 N–H and O–H groups in total. The Morgan fingerprint density at radius 2 is 1.41 bits per heavy atom. The first-order valence-corrected chi connectivity index (χ1v) is 11.9. The van der Waals surface area contributed by atoms with E-state index in [0.717, 1.165) is 18.4 Å². The smallest absolute Gasteiger partial charge is 0.207 e. The van der Waals surface area contributed by atoms with Gasteiger partial charge in [-0.15, -0.1) is 0 Å². The number of nitrogens with zero attached hydrogens (tertiary/aromatic N) is 2. The van der Waals surface area contributed by atoms with E-state index in [1.807, 2.05) is 30.3 Å². The fourth-order valence-electron chi connectivity index (χ4n) is 3.16. The van der Waals surface area contributed by atoms with Crippen molar-refractivity contribution in [2.45, 2.75) is 36.1 Å². The molecule has 0 atom stereocenters. The molecule has 0 aromatic heterocycles. The number of sulfonamides is 2. The molecule has 0 bridgehead atoms. The van der Waals surface area contributed by atoms with Gasteiger partial charge < -0.3 is 0 Å². The minimum atomic E-state index is -3.71. The van der Waals surface area contributed by atoms with Crippen molar-refractivity contribution in [3.05, 3.63) is 60.2 Å². The zero-order chi connectivity index (χ0) is 19.5. The van der Waals surface area contributed by atoms with Gasteiger partial charge in [0.15, 0.2) is 0 Å². The second kappa shape index (κ2) is 8.10. The molecule has 3 rings (SSSR count). The van der Waals surface area contributed by atoms with Crippen molar-refractivity contribution < 1.29 is 16.8 Å². The van der Waals surface area contributed by atoms with Crippen LogP contribution in [0.15, 0.2) is 64.4 Å². The Bertz CT molecular complexity index is 966. The molecular weight excluding hydrogens is 384 g/mol. The van der Waals surface area contributed by atoms with E-state index in [-0.39, 0.29) is 16.3 Å². The van der Waals surface area contributed by atoms with Crippen LogP contribution in [0.4, 0.5) is 0 Å². The Morgan fingerprint density at radius 3 is 1.96 bits per heavy atom. The normalized spacial score (nSPS) is 16.1. The highest BCUT2D eigenvalue weighted by atomic mass is 32.2. The van der Waals surface area contributed by atoms with Crippen LogP contribution in [0, 0.1) is 0 Å². The van der Waals surface area contributed by atoms with Crippen molar-refractivity contribution in [2.75, 3.05) is 19.6 Å². The minimum Gasteiger partial charge on any atom is -0.207 e. The first kappa shape index (κ1) is 20.0. The van der Waals surface area contributed by atoms with Crippen LogP contribution < -0.4 is 0 Å². The van der Waals surface area contributed by atoms with Crippen molar-refractivity contribution in [3.8, 4) is 0 Å². The van der Waals surface area contributed by atoms with E-state index in [9.17, 15) is 16.8 Å². The second-order valence-electron chi connectivity index (χ2n) is 6.50. The van der Waals surface area contributed by atoms with E-state index in [4.69, 9.17) is 0 Å². The molecule has 6 nitrogen and oxygen atoms in total. The standard InChI is InChI=1S/C19H24N2O4S2/c1-2-20(16-17-8-4-3-5-9-17)26(22,23)18-10-12-19(13-11-18)27(24,25)21-14-6-7-15-21/h3-5,8-13H,2,6-7,14-16H2,1H3. The van der Waals surface area contributed by atoms with Crippen LogP contribution >= 0.6 is 0 Å². The highest BCUT2D eigenvalue weighted by Crippen LogP contribution is 2.24. The third-order valence-corrected chi connectivity index (χ3v) is 8.57. The average molecular weight is 409 g/mol. The van der Waals surface area contributed by atoms with E-state index in [1.165, 1.54) is 32.9 Å². The Hall–Kier alpha value is -1.74. The zero-order valence-electron chi connectivity index (χ0n) is 15.3. The van der Waals surface area contributed by atoms with E-state index in [1.54, 1.807) is 6.92 Å². The van der Waals surface area contributed by atoms with Gasteiger partial charge in [0.1, 0.15) is 0 Å². The quantitative estimate of drug-likeness (QED) is 0.706. The Kier molecular flexibility index (Phi) is 6.00. The molecule has 2 aromatic carbocycles. The van der Waals surface area contributed by atoms with Crippen molar-refractivity contribution >= 4 is 20.0 Å². The third-order valence-electron chi connectivity index (χ3n) is 4.72. The van der Waals surface area contributed by atoms with E-state index >= 15 is 0 Å². The molecular formula is C19H24N2O4S2. The minimum absolute atomic E-state index is 0.0978. The van der Waals surface area contributed by atoms with Gasteiger partial charge in [-0.3, -0.25) is 0 Å². The van der Waals surface area contributed by atoms with Gasteiger partial charge in [-0.25, -0.2) is 16.8 Å². The Morgan fingerprint density at radius 1 is 0.852 bits per heavy atom. The molecule has 0 aliphatic carbocycles. The molecule has 1 heterocycles. The van der Waals surface area contributed by atoms with Crippen LogP contribution in [0.25, 0.3) is 0 Å². The summed E-state index contributed by atoms with van der Waals surface area (Å²) in [4.78, 5) is 0.232. The third kappa shape index (κ3) is 4.24. The first-order chi connectivity index (χ1) is 12.9. The van der Waals surface area contributed by atoms with Crippen LogP contribution in [-0.2, 0) is 26.6 Å². The van der Waals surface area contributed by atoms with Crippen LogP contribution in [0.3, 0.4) is 0 Å². The maximum Gasteiger partial charge on any atom is 0.243 e. The largest absolute Gasteiger partial charge is 0.243 e. The maximum absolute atomic E-state index is 13.0. The van der Waals surface area contributed by atoms with Crippen LogP contribution in [0.2, 0.25) is 0 Å². The SMILES string of the molecule is CCN(Cc1ccccc1)S(=O)(=O)c1ccc(S(=O)(=O)N2CCCC2)cc1. The lowest BCUT2D eigenvalue weighted by molar-refractivity contribution is 0.423. The molecule has 0 amide bonds. The van der Waals surface area contributed by atoms with Crippen molar-refractivity contribution in [2.24, 2.45) is 0 Å². The summed E-state index contributed by atoms with van der Waals surface area (Å²) in [5.74, 6) is 0. The lowest BCUT2D eigenvalue weighted by Crippen LogP contribution is -2.30. The van der Waals surface area contributed by atoms with E-state index in [0.29, 0.717) is 19.6 Å². The fourth-order valence-corrected chi connectivity index (χ4v) is 6.12. The molecule has 0 unspecified atom stereocenters. The number of benzene rings is 2. The molecule has 1 aliphatic heterocycles. The first-order valence-electron chi connectivity index (χ1n) is 9.00. The highest BCUT2D eigenvalue weighted by Gasteiger charge is 2.28. The summed E-state index contributed by atoms with van der Waals surface area (Å²) in [5, 5.41) is 0. The molecule has 2 aromatic rings. The molecule has 146 valence electrons. The monoisotopic (exact) mass is 408 g/mol. The van der Waals surface area contributed by atoms with Gasteiger partial charge >= 0.3 is 0 Å². The lowest BCUT2D eigenvalue weighted by atomic mass is 10.2. The molecule has 1 aliphatic rings. The summed E-state index contributed by atoms with van der Waals surface area (Å²) in [6.45, 7) is 3.41. The summed E-state index contributed by atoms with van der Waals surface area (Å²) >= 11 is 0. The summed E-state index contributed by atoms with van der Waals surface area (Å²) in [7, 11) is -7.26. The number of rotatable bonds is 7. The predicted molar refractivity (Wildman–Crippen MR) is 104 cm³/mol. The zero-order valence-corrected chi connectivity index (χ0v) is 16.9. The average Bonchev–Trinajstić information content (AvgIpc) is 3.22. The lowest BCUT2D eigenvalue weighted by Gasteiger charge is -2.21. The van der Waals surface area contributed by atoms with Crippen LogP contribution in [-0.4, -0.2) is 45.1 Å². The topological polar surface area (TPSA) is 74.8 Å². The van der Waals surface area contributed by atoms with Gasteiger partial charge in [0.05, 0.1) is 9.79 Å². The predicted octanol–water partition coefficient (Wildman–Crippen LogP) is 2.68. The van der Waals surface area contributed by atoms with Gasteiger partial charge in [0.25, 0.3) is 0 Å². The summed E-state index contributed by atoms with van der Waals surface area (Å²) in [5.41, 5.74) is 0.899. The maximum atomic E-state index is 13.0. The van der Waals surface area contributed by atoms with Crippen LogP contribution in [0.5, 0.6) is 0 Å². The van der Waals surface area contributed by atoms with Gasteiger partial charge in [0, 0.05) is 26.2 Å². The second-order valence-corrected chi connectivity index (χ2v) is 10.4.